The molecular weight excluding hydrogens is 400 g/mol. The van der Waals surface area contributed by atoms with Gasteiger partial charge in [0.15, 0.2) is 0 Å². The van der Waals surface area contributed by atoms with Gasteiger partial charge in [0.05, 0.1) is 20.8 Å². The van der Waals surface area contributed by atoms with E-state index in [2.05, 4.69) is 9.97 Å². The second-order valence-electron chi connectivity index (χ2n) is 6.83. The fraction of sp³-hybridized carbons (Fsp3) is 0.278. The number of sulfonamides is 2. The number of aromatic nitrogens is 2. The Morgan fingerprint density at radius 2 is 1.54 bits per heavy atom. The lowest BCUT2D eigenvalue weighted by molar-refractivity contribution is 0.314. The number of primary sulfonamides is 1. The second kappa shape index (κ2) is 6.96. The predicted octanol–water partition coefficient (Wildman–Crippen LogP) is 1.78. The zero-order valence-electron chi connectivity index (χ0n) is 14.9. The van der Waals surface area contributed by atoms with Crippen molar-refractivity contribution in [1.29, 1.82) is 0 Å². The third kappa shape index (κ3) is 3.55. The molecule has 0 aliphatic carbocycles. The zero-order chi connectivity index (χ0) is 19.9. The molecule has 0 bridgehead atoms. The number of nitrogens with two attached hydrogens (primary N) is 1. The van der Waals surface area contributed by atoms with Crippen LogP contribution in [0, 0.1) is 0 Å². The summed E-state index contributed by atoms with van der Waals surface area (Å²) >= 11 is 0. The van der Waals surface area contributed by atoms with Crippen molar-refractivity contribution in [1.82, 2.24) is 14.3 Å². The number of nitrogens with zero attached hydrogens (tertiary/aromatic N) is 2. The van der Waals surface area contributed by atoms with Crippen LogP contribution in [0.5, 0.6) is 0 Å². The Bertz CT molecular complexity index is 1180. The van der Waals surface area contributed by atoms with Gasteiger partial charge in [-0.05, 0) is 49.2 Å². The highest BCUT2D eigenvalue weighted by Gasteiger charge is 2.31. The van der Waals surface area contributed by atoms with Gasteiger partial charge in [-0.15, -0.1) is 0 Å². The number of aromatic amines is 1. The molecule has 3 N–H and O–H groups in total. The normalized spacial score (nSPS) is 17.2. The van der Waals surface area contributed by atoms with Crippen molar-refractivity contribution in [2.24, 2.45) is 5.14 Å². The fourth-order valence-electron chi connectivity index (χ4n) is 3.49. The van der Waals surface area contributed by atoms with Gasteiger partial charge in [0.1, 0.15) is 5.82 Å². The lowest BCUT2D eigenvalue weighted by atomic mass is 9.97. The van der Waals surface area contributed by atoms with Gasteiger partial charge in [-0.25, -0.2) is 27.0 Å². The van der Waals surface area contributed by atoms with E-state index >= 15 is 0 Å². The first-order chi connectivity index (χ1) is 13.2. The minimum Gasteiger partial charge on any atom is -0.342 e. The summed E-state index contributed by atoms with van der Waals surface area (Å²) < 4.78 is 49.8. The van der Waals surface area contributed by atoms with Gasteiger partial charge in [-0.2, -0.15) is 4.31 Å². The van der Waals surface area contributed by atoms with Crippen molar-refractivity contribution < 1.29 is 16.8 Å². The van der Waals surface area contributed by atoms with Crippen LogP contribution in [0.15, 0.2) is 58.3 Å². The van der Waals surface area contributed by atoms with Gasteiger partial charge in [0.2, 0.25) is 20.0 Å². The molecule has 0 amide bonds. The summed E-state index contributed by atoms with van der Waals surface area (Å²) in [5.74, 6) is 1.05. The molecule has 1 aliphatic heterocycles. The molecule has 0 spiro atoms. The molecule has 2 heterocycles. The molecule has 0 saturated carbocycles. The number of piperidine rings is 1. The number of hydrogen-bond acceptors (Lipinski definition) is 5. The number of H-pyrrole nitrogens is 1. The SMILES string of the molecule is NS(=O)(=O)c1ccc(S(=O)(=O)N2CCC(c3nc4ccccc4[nH]3)CC2)cc1. The van der Waals surface area contributed by atoms with Gasteiger partial charge in [-0.3, -0.25) is 0 Å². The van der Waals surface area contributed by atoms with Crippen LogP contribution in [-0.2, 0) is 20.0 Å². The predicted molar refractivity (Wildman–Crippen MR) is 105 cm³/mol. The third-order valence-corrected chi connectivity index (χ3v) is 7.88. The van der Waals surface area contributed by atoms with Gasteiger partial charge < -0.3 is 4.98 Å². The maximum atomic E-state index is 12.9. The lowest BCUT2D eigenvalue weighted by Gasteiger charge is -2.30. The molecule has 1 aromatic heterocycles. The van der Waals surface area contributed by atoms with Crippen LogP contribution in [-0.4, -0.2) is 44.2 Å². The molecule has 28 heavy (non-hydrogen) atoms. The van der Waals surface area contributed by atoms with E-state index in [1.54, 1.807) is 0 Å². The second-order valence-corrected chi connectivity index (χ2v) is 10.3. The molecule has 3 aromatic rings. The largest absolute Gasteiger partial charge is 0.342 e. The Balaban J connectivity index is 1.49. The summed E-state index contributed by atoms with van der Waals surface area (Å²) in [4.78, 5) is 7.89. The van der Waals surface area contributed by atoms with Crippen molar-refractivity contribution in [2.45, 2.75) is 28.6 Å². The first kappa shape index (κ1) is 19.1. The van der Waals surface area contributed by atoms with E-state index in [9.17, 15) is 16.8 Å². The van der Waals surface area contributed by atoms with Crippen molar-refractivity contribution in [3.8, 4) is 0 Å². The summed E-state index contributed by atoms with van der Waals surface area (Å²) in [5, 5.41) is 5.06. The number of rotatable bonds is 4. The molecule has 0 atom stereocenters. The highest BCUT2D eigenvalue weighted by molar-refractivity contribution is 7.89. The molecular formula is C18H20N4O4S2. The van der Waals surface area contributed by atoms with E-state index in [1.165, 1.54) is 28.6 Å². The standard InChI is InChI=1S/C18H20N4O4S2/c19-27(23,24)14-5-7-15(8-6-14)28(25,26)22-11-9-13(10-12-22)18-20-16-3-1-2-4-17(16)21-18/h1-8,13H,9-12H2,(H,20,21)(H2,19,23,24). The summed E-state index contributed by atoms with van der Waals surface area (Å²) in [6, 6.07) is 12.8. The number of imidazole rings is 1. The summed E-state index contributed by atoms with van der Waals surface area (Å²) in [5.41, 5.74) is 1.88. The monoisotopic (exact) mass is 420 g/mol. The molecule has 10 heteroatoms. The van der Waals surface area contributed by atoms with Crippen LogP contribution >= 0.6 is 0 Å². The molecule has 148 valence electrons. The number of nitrogens with one attached hydrogen (secondary N) is 1. The summed E-state index contributed by atoms with van der Waals surface area (Å²) in [6.07, 6.45) is 1.32. The molecule has 8 nitrogen and oxygen atoms in total. The number of hydrogen-bond donors (Lipinski definition) is 2. The summed E-state index contributed by atoms with van der Waals surface area (Å²) in [7, 11) is -7.55. The van der Waals surface area contributed by atoms with Gasteiger partial charge in [0, 0.05) is 19.0 Å². The number of fused-ring (bicyclic) bond motifs is 1. The van der Waals surface area contributed by atoms with E-state index in [-0.39, 0.29) is 15.7 Å². The molecule has 2 aromatic carbocycles. The zero-order valence-corrected chi connectivity index (χ0v) is 16.6. The molecule has 1 aliphatic rings. The fourth-order valence-corrected chi connectivity index (χ4v) is 5.47. The van der Waals surface area contributed by atoms with Gasteiger partial charge in [-0.1, -0.05) is 12.1 Å². The Kier molecular flexibility index (Phi) is 4.74. The first-order valence-corrected chi connectivity index (χ1v) is 11.8. The number of benzene rings is 2. The maximum absolute atomic E-state index is 12.9. The molecule has 0 radical (unpaired) electrons. The topological polar surface area (TPSA) is 126 Å². The van der Waals surface area contributed by atoms with Crippen LogP contribution < -0.4 is 5.14 Å². The van der Waals surface area contributed by atoms with Crippen LogP contribution in [0.4, 0.5) is 0 Å². The van der Waals surface area contributed by atoms with Crippen LogP contribution in [0.25, 0.3) is 11.0 Å². The Morgan fingerprint density at radius 1 is 0.929 bits per heavy atom. The summed E-state index contributed by atoms with van der Waals surface area (Å²) in [6.45, 7) is 0.752. The highest BCUT2D eigenvalue weighted by Crippen LogP contribution is 2.30. The Morgan fingerprint density at radius 3 is 2.14 bits per heavy atom. The van der Waals surface area contributed by atoms with E-state index < -0.39 is 20.0 Å². The van der Waals surface area contributed by atoms with Crippen molar-refractivity contribution in [3.63, 3.8) is 0 Å². The van der Waals surface area contributed by atoms with Crippen molar-refractivity contribution >= 4 is 31.1 Å². The minimum absolute atomic E-state index is 0.0575. The third-order valence-electron chi connectivity index (χ3n) is 5.04. The quantitative estimate of drug-likeness (QED) is 0.665. The highest BCUT2D eigenvalue weighted by atomic mass is 32.2. The van der Waals surface area contributed by atoms with Gasteiger partial charge in [0.25, 0.3) is 0 Å². The van der Waals surface area contributed by atoms with Crippen molar-refractivity contribution in [2.75, 3.05) is 13.1 Å². The van der Waals surface area contributed by atoms with Crippen LogP contribution in [0.1, 0.15) is 24.6 Å². The van der Waals surface area contributed by atoms with Crippen LogP contribution in [0.3, 0.4) is 0 Å². The lowest BCUT2D eigenvalue weighted by Crippen LogP contribution is -2.38. The first-order valence-electron chi connectivity index (χ1n) is 8.83. The molecule has 1 saturated heterocycles. The minimum atomic E-state index is -3.86. The Labute approximate surface area is 163 Å². The Hall–Kier alpha value is -2.27. The van der Waals surface area contributed by atoms with E-state index in [1.807, 2.05) is 24.3 Å². The smallest absolute Gasteiger partial charge is 0.243 e. The molecule has 0 unspecified atom stereocenters. The van der Waals surface area contributed by atoms with E-state index in [0.717, 1.165) is 16.9 Å². The van der Waals surface area contributed by atoms with E-state index in [4.69, 9.17) is 5.14 Å². The number of para-hydroxylation sites is 2. The van der Waals surface area contributed by atoms with Crippen molar-refractivity contribution in [3.05, 3.63) is 54.4 Å². The van der Waals surface area contributed by atoms with Crippen LogP contribution in [0.2, 0.25) is 0 Å². The average molecular weight is 421 g/mol. The molecule has 4 rings (SSSR count). The maximum Gasteiger partial charge on any atom is 0.243 e. The average Bonchev–Trinajstić information content (AvgIpc) is 3.12. The van der Waals surface area contributed by atoms with E-state index in [0.29, 0.717) is 25.9 Å². The molecule has 1 fully saturated rings. The van der Waals surface area contributed by atoms with Gasteiger partial charge >= 0.3 is 0 Å².